The van der Waals surface area contributed by atoms with Crippen LogP contribution in [0.25, 0.3) is 0 Å². The minimum absolute atomic E-state index is 0.0498. The van der Waals surface area contributed by atoms with E-state index in [4.69, 9.17) is 22.3 Å². The van der Waals surface area contributed by atoms with Gasteiger partial charge in [-0.2, -0.15) is 8.42 Å². The van der Waals surface area contributed by atoms with E-state index in [9.17, 15) is 14.9 Å². The number of carbonyl (C=O) groups is 1. The summed E-state index contributed by atoms with van der Waals surface area (Å²) in [5, 5.41) is 13.9. The smallest absolute Gasteiger partial charge is 0.394 e. The Labute approximate surface area is 158 Å². The van der Waals surface area contributed by atoms with E-state index < -0.39 is 26.9 Å². The molecule has 0 amide bonds. The van der Waals surface area contributed by atoms with Crippen LogP contribution in [0.15, 0.2) is 24.3 Å². The lowest BCUT2D eigenvalue weighted by molar-refractivity contribution is -0.384. The van der Waals surface area contributed by atoms with Crippen LogP contribution in [0.4, 0.5) is 5.69 Å². The summed E-state index contributed by atoms with van der Waals surface area (Å²) in [6, 6.07) is 5.40. The zero-order valence-corrected chi connectivity index (χ0v) is 16.5. The largest absolute Gasteiger partial charge is 0.455 e. The van der Waals surface area contributed by atoms with Crippen molar-refractivity contribution >= 4 is 22.1 Å². The minimum Gasteiger partial charge on any atom is -0.455 e. The number of non-ortho nitro benzene ring substituents is 1. The Hall–Kier alpha value is -2.08. The molecule has 11 heteroatoms. The predicted molar refractivity (Wildman–Crippen MR) is 99.1 cm³/mol. The first-order valence-electron chi connectivity index (χ1n) is 8.09. The topological polar surface area (TPSA) is 156 Å². The molecule has 0 fully saturated rings. The number of nitrogens with zero attached hydrogens (tertiary/aromatic N) is 1. The monoisotopic (exact) mass is 406 g/mol. The van der Waals surface area contributed by atoms with Gasteiger partial charge in [-0.1, -0.05) is 13.8 Å². The first kappa shape index (κ1) is 24.9. The quantitative estimate of drug-likeness (QED) is 0.194. The minimum atomic E-state index is -4.67. The van der Waals surface area contributed by atoms with Gasteiger partial charge in [0.25, 0.3) is 5.69 Å². The second kappa shape index (κ2) is 10.9. The van der Waals surface area contributed by atoms with Crippen molar-refractivity contribution in [2.75, 3.05) is 13.1 Å². The van der Waals surface area contributed by atoms with Gasteiger partial charge in [-0.3, -0.25) is 19.2 Å². The van der Waals surface area contributed by atoms with Gasteiger partial charge in [-0.05, 0) is 44.9 Å². The first-order chi connectivity index (χ1) is 12.2. The molecule has 0 aliphatic carbocycles. The third kappa shape index (κ3) is 13.7. The van der Waals surface area contributed by atoms with E-state index in [0.717, 1.165) is 13.0 Å². The van der Waals surface area contributed by atoms with Crippen molar-refractivity contribution in [3.05, 3.63) is 39.9 Å². The maximum atomic E-state index is 12.1. The van der Waals surface area contributed by atoms with E-state index in [0.29, 0.717) is 18.0 Å². The number of ether oxygens (including phenoxy) is 1. The molecule has 10 nitrogen and oxygen atoms in total. The molecular formula is C16H26N2O8S. The highest BCUT2D eigenvalue weighted by Gasteiger charge is 2.23. The number of carbonyl (C=O) groups excluding carboxylic acids is 1. The first-order valence-corrected chi connectivity index (χ1v) is 9.49. The van der Waals surface area contributed by atoms with Crippen molar-refractivity contribution < 1.29 is 32.0 Å². The zero-order valence-electron chi connectivity index (χ0n) is 15.7. The molecule has 0 saturated carbocycles. The number of nitro groups is 1. The number of rotatable bonds is 8. The number of hydrogen-bond donors (Lipinski definition) is 3. The standard InChI is InChI=1S/C16H24N2O4.H2O4S/c1-12(2)9-10-17-11-16(3,4)22-15(19)13-5-7-14(8-6-13)18(20)21;1-5(2,3)4/h5-8,12,17H,9-11H2,1-4H3;(H2,1,2,3,4). The van der Waals surface area contributed by atoms with Crippen LogP contribution in [0, 0.1) is 16.0 Å². The average Bonchev–Trinajstić information content (AvgIpc) is 2.49. The second-order valence-electron chi connectivity index (χ2n) is 6.76. The fourth-order valence-electron chi connectivity index (χ4n) is 1.85. The summed E-state index contributed by atoms with van der Waals surface area (Å²) in [7, 11) is -4.67. The fourth-order valence-corrected chi connectivity index (χ4v) is 1.85. The van der Waals surface area contributed by atoms with Gasteiger partial charge in [0.15, 0.2) is 0 Å². The molecule has 0 spiro atoms. The summed E-state index contributed by atoms with van der Waals surface area (Å²) in [6.07, 6.45) is 1.06. The molecule has 3 N–H and O–H groups in total. The van der Waals surface area contributed by atoms with Gasteiger partial charge >= 0.3 is 16.4 Å². The van der Waals surface area contributed by atoms with Crippen molar-refractivity contribution in [3.8, 4) is 0 Å². The van der Waals surface area contributed by atoms with Crippen LogP contribution in [-0.2, 0) is 15.1 Å². The number of benzene rings is 1. The molecule has 154 valence electrons. The van der Waals surface area contributed by atoms with Crippen molar-refractivity contribution in [2.24, 2.45) is 5.92 Å². The second-order valence-corrected chi connectivity index (χ2v) is 7.66. The highest BCUT2D eigenvalue weighted by molar-refractivity contribution is 7.79. The van der Waals surface area contributed by atoms with Crippen LogP contribution in [0.3, 0.4) is 0 Å². The van der Waals surface area contributed by atoms with Crippen LogP contribution in [-0.4, -0.2) is 47.1 Å². The summed E-state index contributed by atoms with van der Waals surface area (Å²) in [5.41, 5.74) is -0.387. The Kier molecular flexibility index (Phi) is 10.1. The normalized spacial score (nSPS) is 11.5. The molecule has 27 heavy (non-hydrogen) atoms. The van der Waals surface area contributed by atoms with Crippen LogP contribution in [0.2, 0.25) is 0 Å². The average molecular weight is 406 g/mol. The number of hydrogen-bond acceptors (Lipinski definition) is 7. The molecule has 0 bridgehead atoms. The number of nitrogens with one attached hydrogen (secondary N) is 1. The molecule has 1 aromatic carbocycles. The summed E-state index contributed by atoms with van der Waals surface area (Å²) in [5.74, 6) is 0.142. The van der Waals surface area contributed by atoms with Gasteiger partial charge in [0.2, 0.25) is 0 Å². The Morgan fingerprint density at radius 2 is 1.74 bits per heavy atom. The Morgan fingerprint density at radius 1 is 1.26 bits per heavy atom. The van der Waals surface area contributed by atoms with Gasteiger partial charge < -0.3 is 10.1 Å². The highest BCUT2D eigenvalue weighted by Crippen LogP contribution is 2.16. The third-order valence-electron chi connectivity index (χ3n) is 3.13. The summed E-state index contributed by atoms with van der Waals surface area (Å²) < 4.78 is 37.0. The highest BCUT2D eigenvalue weighted by atomic mass is 32.3. The summed E-state index contributed by atoms with van der Waals surface area (Å²) in [4.78, 5) is 22.1. The van der Waals surface area contributed by atoms with Crippen LogP contribution in [0.1, 0.15) is 44.5 Å². The van der Waals surface area contributed by atoms with Crippen LogP contribution < -0.4 is 5.32 Å². The van der Waals surface area contributed by atoms with Crippen LogP contribution in [0.5, 0.6) is 0 Å². The number of nitro benzene ring substituents is 1. The lowest BCUT2D eigenvalue weighted by Gasteiger charge is -2.25. The summed E-state index contributed by atoms with van der Waals surface area (Å²) >= 11 is 0. The maximum Gasteiger partial charge on any atom is 0.394 e. The van der Waals surface area contributed by atoms with E-state index in [1.807, 2.05) is 13.8 Å². The van der Waals surface area contributed by atoms with Gasteiger partial charge in [-0.25, -0.2) is 4.79 Å². The molecular weight excluding hydrogens is 380 g/mol. The molecule has 0 aromatic heterocycles. The van der Waals surface area contributed by atoms with Gasteiger partial charge in [-0.15, -0.1) is 0 Å². The van der Waals surface area contributed by atoms with E-state index >= 15 is 0 Å². The lowest BCUT2D eigenvalue weighted by Crippen LogP contribution is -2.40. The molecule has 0 aliphatic heterocycles. The molecule has 0 radical (unpaired) electrons. The number of esters is 1. The Balaban J connectivity index is 0.00000119. The van der Waals surface area contributed by atoms with E-state index in [1.54, 1.807) is 0 Å². The molecule has 1 rings (SSSR count). The van der Waals surface area contributed by atoms with Crippen molar-refractivity contribution in [1.82, 2.24) is 5.32 Å². The van der Waals surface area contributed by atoms with Crippen molar-refractivity contribution in [1.29, 1.82) is 0 Å². The predicted octanol–water partition coefficient (Wildman–Crippen LogP) is 2.51. The Morgan fingerprint density at radius 3 is 2.15 bits per heavy atom. The van der Waals surface area contributed by atoms with Crippen molar-refractivity contribution in [2.45, 2.75) is 39.7 Å². The zero-order chi connectivity index (χ0) is 21.3. The molecule has 0 heterocycles. The van der Waals surface area contributed by atoms with E-state index in [1.165, 1.54) is 24.3 Å². The molecule has 0 atom stereocenters. The Bertz CT molecular complexity index is 706. The third-order valence-corrected chi connectivity index (χ3v) is 3.13. The lowest BCUT2D eigenvalue weighted by atomic mass is 10.1. The molecule has 1 aromatic rings. The van der Waals surface area contributed by atoms with E-state index in [2.05, 4.69) is 19.2 Å². The summed E-state index contributed by atoms with van der Waals surface area (Å²) in [6.45, 7) is 9.40. The van der Waals surface area contributed by atoms with Gasteiger partial charge in [0, 0.05) is 18.7 Å². The van der Waals surface area contributed by atoms with Gasteiger partial charge in [0.1, 0.15) is 5.60 Å². The molecule has 0 aliphatic rings. The maximum absolute atomic E-state index is 12.1. The van der Waals surface area contributed by atoms with Gasteiger partial charge in [0.05, 0.1) is 10.5 Å². The SMILES string of the molecule is CC(C)CCNCC(C)(C)OC(=O)c1ccc([N+](=O)[O-])cc1.O=S(=O)(O)O. The van der Waals surface area contributed by atoms with E-state index in [-0.39, 0.29) is 5.69 Å². The molecule has 0 unspecified atom stereocenters. The fraction of sp³-hybridized carbons (Fsp3) is 0.562. The molecule has 0 saturated heterocycles. The van der Waals surface area contributed by atoms with Crippen LogP contribution >= 0.6 is 0 Å². The van der Waals surface area contributed by atoms with Crippen molar-refractivity contribution in [3.63, 3.8) is 0 Å².